The molecule has 16 heavy (non-hydrogen) atoms. The van der Waals surface area contributed by atoms with Gasteiger partial charge in [-0.15, -0.1) is 0 Å². The molecule has 0 unspecified atom stereocenters. The first-order valence-electron chi connectivity index (χ1n) is 5.62. The Hall–Kier alpha value is -1.13. The quantitative estimate of drug-likeness (QED) is 0.786. The highest BCUT2D eigenvalue weighted by Gasteiger charge is 2.11. The van der Waals surface area contributed by atoms with Crippen LogP contribution in [0.1, 0.15) is 18.4 Å². The summed E-state index contributed by atoms with van der Waals surface area (Å²) in [5.41, 5.74) is 7.71. The van der Waals surface area contributed by atoms with Gasteiger partial charge in [-0.1, -0.05) is 12.1 Å². The number of hydrogen-bond acceptors (Lipinski definition) is 2. The van der Waals surface area contributed by atoms with E-state index in [1.54, 1.807) is 0 Å². The van der Waals surface area contributed by atoms with E-state index in [9.17, 15) is 0 Å². The molecule has 0 radical (unpaired) electrons. The number of benzene rings is 1. The molecule has 1 saturated heterocycles. The number of thiocarbonyl (C=S) groups is 1. The molecule has 86 valence electrons. The SMILES string of the molecule is NC(=S)Nc1ccc(CN2CCCC2)cc1. The molecule has 4 heteroatoms. The van der Waals surface area contributed by atoms with Gasteiger partial charge in [-0.3, -0.25) is 4.90 Å². The molecule has 1 heterocycles. The molecule has 0 saturated carbocycles. The van der Waals surface area contributed by atoms with Crippen LogP contribution < -0.4 is 11.1 Å². The number of anilines is 1. The standard InChI is InChI=1S/C12H17N3S/c13-12(16)14-11-5-3-10(4-6-11)9-15-7-1-2-8-15/h3-6H,1-2,7-9H2,(H3,13,14,16). The number of nitrogens with one attached hydrogen (secondary N) is 1. The molecule has 3 nitrogen and oxygen atoms in total. The van der Waals surface area contributed by atoms with Crippen molar-refractivity contribution in [3.63, 3.8) is 0 Å². The van der Waals surface area contributed by atoms with E-state index in [-0.39, 0.29) is 0 Å². The Labute approximate surface area is 102 Å². The second-order valence-electron chi connectivity index (χ2n) is 4.17. The Morgan fingerprint density at radius 3 is 2.44 bits per heavy atom. The van der Waals surface area contributed by atoms with Crippen molar-refractivity contribution < 1.29 is 0 Å². The fraction of sp³-hybridized carbons (Fsp3) is 0.417. The lowest BCUT2D eigenvalue weighted by Crippen LogP contribution is -2.19. The fourth-order valence-corrected chi connectivity index (χ4v) is 2.15. The molecule has 0 atom stereocenters. The van der Waals surface area contributed by atoms with E-state index in [4.69, 9.17) is 18.0 Å². The molecule has 1 aromatic carbocycles. The third-order valence-electron chi connectivity index (χ3n) is 2.83. The molecule has 1 aliphatic heterocycles. The summed E-state index contributed by atoms with van der Waals surface area (Å²) in [6.07, 6.45) is 2.67. The second kappa shape index (κ2) is 5.27. The Morgan fingerprint density at radius 1 is 1.25 bits per heavy atom. The van der Waals surface area contributed by atoms with Gasteiger partial charge in [0.15, 0.2) is 5.11 Å². The Kier molecular flexibility index (Phi) is 3.74. The molecule has 1 fully saturated rings. The summed E-state index contributed by atoms with van der Waals surface area (Å²) in [5.74, 6) is 0. The minimum atomic E-state index is 0.312. The minimum Gasteiger partial charge on any atom is -0.376 e. The van der Waals surface area contributed by atoms with Gasteiger partial charge < -0.3 is 11.1 Å². The summed E-state index contributed by atoms with van der Waals surface area (Å²) in [4.78, 5) is 2.48. The van der Waals surface area contributed by atoms with Crippen LogP contribution in [0.4, 0.5) is 5.69 Å². The van der Waals surface area contributed by atoms with Crippen LogP contribution in [-0.2, 0) is 6.54 Å². The Balaban J connectivity index is 1.93. The summed E-state index contributed by atoms with van der Waals surface area (Å²) in [6.45, 7) is 3.51. The number of nitrogens with zero attached hydrogens (tertiary/aromatic N) is 1. The van der Waals surface area contributed by atoms with Gasteiger partial charge in [-0.25, -0.2) is 0 Å². The van der Waals surface area contributed by atoms with Crippen molar-refractivity contribution in [3.05, 3.63) is 29.8 Å². The number of rotatable bonds is 3. The summed E-state index contributed by atoms with van der Waals surface area (Å²) >= 11 is 4.78. The van der Waals surface area contributed by atoms with Crippen molar-refractivity contribution in [3.8, 4) is 0 Å². The molecule has 1 aromatic rings. The molecule has 2 rings (SSSR count). The van der Waals surface area contributed by atoms with E-state index in [2.05, 4.69) is 22.3 Å². The molecular weight excluding hydrogens is 218 g/mol. The van der Waals surface area contributed by atoms with Gasteiger partial charge in [0.1, 0.15) is 0 Å². The smallest absolute Gasteiger partial charge is 0.168 e. The maximum absolute atomic E-state index is 5.41. The third kappa shape index (κ3) is 3.18. The third-order valence-corrected chi connectivity index (χ3v) is 2.93. The lowest BCUT2D eigenvalue weighted by Gasteiger charge is -2.14. The first-order valence-corrected chi connectivity index (χ1v) is 6.02. The molecular formula is C12H17N3S. The van der Waals surface area contributed by atoms with Gasteiger partial charge in [-0.2, -0.15) is 0 Å². The van der Waals surface area contributed by atoms with E-state index < -0.39 is 0 Å². The zero-order valence-corrected chi connectivity index (χ0v) is 10.1. The van der Waals surface area contributed by atoms with Crippen molar-refractivity contribution >= 4 is 23.0 Å². The largest absolute Gasteiger partial charge is 0.376 e. The first-order chi connectivity index (χ1) is 7.74. The summed E-state index contributed by atoms with van der Waals surface area (Å²) in [7, 11) is 0. The van der Waals surface area contributed by atoms with E-state index in [1.165, 1.54) is 31.5 Å². The topological polar surface area (TPSA) is 41.3 Å². The van der Waals surface area contributed by atoms with Crippen LogP contribution in [0.2, 0.25) is 0 Å². The van der Waals surface area contributed by atoms with Gasteiger partial charge in [0.05, 0.1) is 0 Å². The number of nitrogens with two attached hydrogens (primary N) is 1. The Bertz CT molecular complexity index is 355. The first kappa shape index (κ1) is 11.4. The molecule has 0 spiro atoms. The van der Waals surface area contributed by atoms with Crippen LogP contribution in [0.5, 0.6) is 0 Å². The zero-order valence-electron chi connectivity index (χ0n) is 9.28. The molecule has 0 bridgehead atoms. The van der Waals surface area contributed by atoms with Crippen LogP contribution in [0.25, 0.3) is 0 Å². The summed E-state index contributed by atoms with van der Waals surface area (Å²) < 4.78 is 0. The summed E-state index contributed by atoms with van der Waals surface area (Å²) in [5, 5.41) is 3.23. The van der Waals surface area contributed by atoms with Crippen LogP contribution in [-0.4, -0.2) is 23.1 Å². The van der Waals surface area contributed by atoms with E-state index in [0.29, 0.717) is 5.11 Å². The van der Waals surface area contributed by atoms with Gasteiger partial charge in [0.2, 0.25) is 0 Å². The maximum Gasteiger partial charge on any atom is 0.168 e. The van der Waals surface area contributed by atoms with E-state index >= 15 is 0 Å². The number of likely N-dealkylation sites (tertiary alicyclic amines) is 1. The van der Waals surface area contributed by atoms with Crippen LogP contribution in [0, 0.1) is 0 Å². The predicted molar refractivity (Wildman–Crippen MR) is 71.4 cm³/mol. The highest BCUT2D eigenvalue weighted by Crippen LogP contribution is 2.14. The van der Waals surface area contributed by atoms with Crippen molar-refractivity contribution in [1.82, 2.24) is 4.90 Å². The molecule has 0 aliphatic carbocycles. The minimum absolute atomic E-state index is 0.312. The average molecular weight is 235 g/mol. The van der Waals surface area contributed by atoms with Crippen molar-refractivity contribution in [2.75, 3.05) is 18.4 Å². The number of hydrogen-bond donors (Lipinski definition) is 2. The van der Waals surface area contributed by atoms with E-state index in [1.807, 2.05) is 12.1 Å². The maximum atomic E-state index is 5.41. The molecule has 0 amide bonds. The van der Waals surface area contributed by atoms with Crippen molar-refractivity contribution in [2.45, 2.75) is 19.4 Å². The highest BCUT2D eigenvalue weighted by atomic mass is 32.1. The average Bonchev–Trinajstić information content (AvgIpc) is 2.73. The van der Waals surface area contributed by atoms with Crippen LogP contribution in [0.3, 0.4) is 0 Å². The lowest BCUT2D eigenvalue weighted by atomic mass is 10.2. The van der Waals surface area contributed by atoms with E-state index in [0.717, 1.165) is 12.2 Å². The van der Waals surface area contributed by atoms with Gasteiger partial charge in [-0.05, 0) is 55.8 Å². The molecule has 3 N–H and O–H groups in total. The van der Waals surface area contributed by atoms with Crippen LogP contribution in [0.15, 0.2) is 24.3 Å². The fourth-order valence-electron chi connectivity index (χ4n) is 2.03. The highest BCUT2D eigenvalue weighted by molar-refractivity contribution is 7.80. The van der Waals surface area contributed by atoms with Crippen LogP contribution >= 0.6 is 12.2 Å². The van der Waals surface area contributed by atoms with Crippen molar-refractivity contribution in [2.24, 2.45) is 5.73 Å². The lowest BCUT2D eigenvalue weighted by molar-refractivity contribution is 0.331. The van der Waals surface area contributed by atoms with Crippen molar-refractivity contribution in [1.29, 1.82) is 0 Å². The zero-order chi connectivity index (χ0) is 11.4. The summed E-state index contributed by atoms with van der Waals surface area (Å²) in [6, 6.07) is 8.28. The monoisotopic (exact) mass is 235 g/mol. The van der Waals surface area contributed by atoms with Gasteiger partial charge >= 0.3 is 0 Å². The molecule has 1 aliphatic rings. The normalized spacial score (nSPS) is 16.2. The predicted octanol–water partition coefficient (Wildman–Crippen LogP) is 1.94. The Morgan fingerprint density at radius 2 is 1.88 bits per heavy atom. The molecule has 0 aromatic heterocycles. The van der Waals surface area contributed by atoms with Gasteiger partial charge in [0, 0.05) is 12.2 Å². The van der Waals surface area contributed by atoms with Gasteiger partial charge in [0.25, 0.3) is 0 Å². The second-order valence-corrected chi connectivity index (χ2v) is 4.61.